The summed E-state index contributed by atoms with van der Waals surface area (Å²) in [5.41, 5.74) is 6.56. The third-order valence-corrected chi connectivity index (χ3v) is 16.4. The molecule has 2 N–H and O–H groups in total. The Bertz CT molecular complexity index is 98.3. The van der Waals surface area contributed by atoms with Crippen molar-refractivity contribution < 1.29 is 0 Å². The smallest absolute Gasteiger partial charge is 0.0477 e. The molecule has 10 heavy (non-hydrogen) atoms. The number of hydrogen-bond donors (Lipinski definition) is 1. The molecular formula is C7H21NSi2. The third kappa shape index (κ3) is 2.99. The van der Waals surface area contributed by atoms with Gasteiger partial charge in [-0.15, -0.1) is 0 Å². The Hall–Kier alpha value is 0.394. The Balaban J connectivity index is 3.94. The van der Waals surface area contributed by atoms with Gasteiger partial charge in [0, 0.05) is 15.9 Å². The summed E-state index contributed by atoms with van der Waals surface area (Å²) in [6, 6.07) is 0. The van der Waals surface area contributed by atoms with Crippen LogP contribution in [0.2, 0.25) is 26.2 Å². The minimum atomic E-state index is -0.831. The zero-order valence-corrected chi connectivity index (χ0v) is 10.1. The van der Waals surface area contributed by atoms with Gasteiger partial charge >= 0.3 is 0 Å². The van der Waals surface area contributed by atoms with E-state index in [4.69, 9.17) is 5.73 Å². The number of hydrogen-bond acceptors (Lipinski definition) is 1. The van der Waals surface area contributed by atoms with Gasteiger partial charge in [-0.2, -0.15) is 0 Å². The maximum atomic E-state index is 6.00. The first-order valence-electron chi connectivity index (χ1n) is 4.15. The van der Waals surface area contributed by atoms with Crippen LogP contribution in [-0.2, 0) is 0 Å². The molecule has 0 saturated heterocycles. The largest absolute Gasteiger partial charge is 0.331 e. The first kappa shape index (κ1) is 10.4. The molecule has 0 saturated carbocycles. The Labute approximate surface area is 67.4 Å². The van der Waals surface area contributed by atoms with E-state index in [2.05, 4.69) is 33.1 Å². The third-order valence-electron chi connectivity index (χ3n) is 2.48. The molecule has 0 spiro atoms. The van der Waals surface area contributed by atoms with Crippen molar-refractivity contribution in [1.29, 1.82) is 0 Å². The molecule has 2 atom stereocenters. The van der Waals surface area contributed by atoms with Crippen LogP contribution in [0.4, 0.5) is 0 Å². The Morgan fingerprint density at radius 1 is 1.40 bits per heavy atom. The van der Waals surface area contributed by atoms with Crippen LogP contribution < -0.4 is 5.73 Å². The van der Waals surface area contributed by atoms with E-state index in [0.717, 1.165) is 0 Å². The molecule has 3 heteroatoms. The Kier molecular flexibility index (Phi) is 3.83. The van der Waals surface area contributed by atoms with Crippen molar-refractivity contribution >= 4 is 15.9 Å². The van der Waals surface area contributed by atoms with Gasteiger partial charge in [-0.25, -0.2) is 0 Å². The molecule has 0 aliphatic carbocycles. The molecule has 0 aromatic rings. The minimum Gasteiger partial charge on any atom is -0.331 e. The molecule has 0 fully saturated rings. The highest BCUT2D eigenvalue weighted by molar-refractivity contribution is 7.31. The van der Waals surface area contributed by atoms with E-state index >= 15 is 0 Å². The minimum absolute atomic E-state index is 0.562. The van der Waals surface area contributed by atoms with Crippen molar-refractivity contribution in [2.24, 2.45) is 5.73 Å². The van der Waals surface area contributed by atoms with Gasteiger partial charge in [-0.05, 0) is 12.1 Å². The monoisotopic (exact) mass is 175 g/mol. The summed E-state index contributed by atoms with van der Waals surface area (Å²) in [5, 5.41) is 0. The van der Waals surface area contributed by atoms with E-state index in [0.29, 0.717) is 5.67 Å². The van der Waals surface area contributed by atoms with Crippen molar-refractivity contribution in [3.8, 4) is 0 Å². The normalized spacial score (nSPS) is 18.6. The molecule has 62 valence electrons. The van der Waals surface area contributed by atoms with Crippen LogP contribution in [0.1, 0.15) is 13.3 Å². The molecule has 2 unspecified atom stereocenters. The molecule has 0 amide bonds. The van der Waals surface area contributed by atoms with Crippen LogP contribution in [0.15, 0.2) is 0 Å². The molecular weight excluding hydrogens is 154 g/mol. The van der Waals surface area contributed by atoms with Gasteiger partial charge in [-0.3, -0.25) is 0 Å². The van der Waals surface area contributed by atoms with Crippen LogP contribution in [-0.4, -0.2) is 21.6 Å². The maximum Gasteiger partial charge on any atom is 0.0477 e. The summed E-state index contributed by atoms with van der Waals surface area (Å²) in [7, 11) is -1.40. The van der Waals surface area contributed by atoms with Crippen molar-refractivity contribution in [1.82, 2.24) is 0 Å². The fourth-order valence-corrected chi connectivity index (χ4v) is 7.55. The molecule has 0 bridgehead atoms. The van der Waals surface area contributed by atoms with Gasteiger partial charge in [0.15, 0.2) is 0 Å². The first-order chi connectivity index (χ1) is 4.39. The van der Waals surface area contributed by atoms with E-state index in [1.807, 2.05) is 0 Å². The first-order valence-corrected chi connectivity index (χ1v) is 11.3. The molecule has 0 radical (unpaired) electrons. The predicted octanol–water partition coefficient (Wildman–Crippen LogP) is 1.54. The Morgan fingerprint density at radius 3 is 1.90 bits per heavy atom. The van der Waals surface area contributed by atoms with Crippen LogP contribution in [0, 0.1) is 0 Å². The molecule has 0 aromatic heterocycles. The number of nitrogens with two attached hydrogens (primary N) is 1. The zero-order valence-electron chi connectivity index (χ0n) is 7.94. The lowest BCUT2D eigenvalue weighted by molar-refractivity contribution is 0.841. The summed E-state index contributed by atoms with van der Waals surface area (Å²) >= 11 is 0. The lowest BCUT2D eigenvalue weighted by atomic mass is 10.5. The van der Waals surface area contributed by atoms with Gasteiger partial charge in [0.05, 0.1) is 0 Å². The van der Waals surface area contributed by atoms with Crippen molar-refractivity contribution in [2.45, 2.75) is 45.2 Å². The lowest BCUT2D eigenvalue weighted by Crippen LogP contribution is -2.52. The summed E-state index contributed by atoms with van der Waals surface area (Å²) in [6.07, 6.45) is 1.18. The van der Waals surface area contributed by atoms with Crippen LogP contribution in [0.25, 0.3) is 0 Å². The van der Waals surface area contributed by atoms with E-state index < -0.39 is 15.9 Å². The second-order valence-electron chi connectivity index (χ2n) is 4.23. The maximum absolute atomic E-state index is 6.00. The highest BCUT2D eigenvalue weighted by Gasteiger charge is 2.27. The summed E-state index contributed by atoms with van der Waals surface area (Å²) < 4.78 is 0. The molecule has 0 heterocycles. The van der Waals surface area contributed by atoms with Crippen LogP contribution >= 0.6 is 0 Å². The van der Waals surface area contributed by atoms with Crippen molar-refractivity contribution in [3.05, 3.63) is 0 Å². The summed E-state index contributed by atoms with van der Waals surface area (Å²) in [5.74, 6) is 0. The van der Waals surface area contributed by atoms with Crippen LogP contribution in [0.3, 0.4) is 0 Å². The topological polar surface area (TPSA) is 26.0 Å². The van der Waals surface area contributed by atoms with Gasteiger partial charge in [0.25, 0.3) is 0 Å². The van der Waals surface area contributed by atoms with Gasteiger partial charge in [-0.1, -0.05) is 33.1 Å². The lowest BCUT2D eigenvalue weighted by Gasteiger charge is -2.28. The average Bonchev–Trinajstić information content (AvgIpc) is 1.83. The molecule has 0 aliphatic heterocycles. The fraction of sp³-hybridized carbons (Fsp3) is 1.00. The summed E-state index contributed by atoms with van der Waals surface area (Å²) in [4.78, 5) is 0. The second-order valence-corrected chi connectivity index (χ2v) is 19.3. The quantitative estimate of drug-likeness (QED) is 0.647. The van der Waals surface area contributed by atoms with E-state index in [-0.39, 0.29) is 0 Å². The summed E-state index contributed by atoms with van der Waals surface area (Å²) in [6.45, 7) is 12.0. The molecule has 1 nitrogen and oxygen atoms in total. The molecule has 0 aliphatic rings. The zero-order chi connectivity index (χ0) is 8.36. The standard InChI is InChI=1S/C7H21NSi2/c1-6-7(8)9(2)10(3,4)5/h7,9H,6,8H2,1-5H3. The highest BCUT2D eigenvalue weighted by atomic mass is 29.2. The van der Waals surface area contributed by atoms with Crippen molar-refractivity contribution in [3.63, 3.8) is 0 Å². The molecule has 0 rings (SSSR count). The highest BCUT2D eigenvalue weighted by Crippen LogP contribution is 2.09. The van der Waals surface area contributed by atoms with Gasteiger partial charge < -0.3 is 5.73 Å². The molecule has 0 aromatic carbocycles. The predicted molar refractivity (Wildman–Crippen MR) is 54.6 cm³/mol. The average molecular weight is 175 g/mol. The van der Waals surface area contributed by atoms with E-state index in [9.17, 15) is 0 Å². The SMILES string of the molecule is CCC(N)[SiH](C)[Si](C)(C)C. The van der Waals surface area contributed by atoms with E-state index in [1.165, 1.54) is 6.42 Å². The van der Waals surface area contributed by atoms with Crippen LogP contribution in [0.5, 0.6) is 0 Å². The van der Waals surface area contributed by atoms with Crippen molar-refractivity contribution in [2.75, 3.05) is 0 Å². The Morgan fingerprint density at radius 2 is 1.80 bits per heavy atom. The van der Waals surface area contributed by atoms with Gasteiger partial charge in [0.2, 0.25) is 0 Å². The van der Waals surface area contributed by atoms with E-state index in [1.54, 1.807) is 0 Å². The number of rotatable bonds is 3. The second kappa shape index (κ2) is 3.69. The van der Waals surface area contributed by atoms with Gasteiger partial charge in [0.1, 0.15) is 0 Å². The fourth-order valence-electron chi connectivity index (χ4n) is 0.996.